The number of likely N-dealkylation sites (N-methyl/N-ethyl adjacent to an activating group) is 1. The van der Waals surface area contributed by atoms with E-state index in [4.69, 9.17) is 0 Å². The van der Waals surface area contributed by atoms with Crippen LogP contribution in [0, 0.1) is 5.92 Å². The Morgan fingerprint density at radius 1 is 0.844 bits per heavy atom. The van der Waals surface area contributed by atoms with Crippen molar-refractivity contribution in [2.75, 3.05) is 27.2 Å². The topological polar surface area (TPSA) is 18.8 Å². The Labute approximate surface area is 181 Å². The smallest absolute Gasteiger partial charge is 0.301 e. The summed E-state index contributed by atoms with van der Waals surface area (Å²) in [4.78, 5) is 2.08. The van der Waals surface area contributed by atoms with Crippen LogP contribution in [0.5, 0.6) is 0 Å². The fourth-order valence-corrected chi connectivity index (χ4v) is 4.38. The summed E-state index contributed by atoms with van der Waals surface area (Å²) in [5.74, 6) is -0.0730. The minimum Gasteiger partial charge on any atom is -0.301 e. The van der Waals surface area contributed by atoms with E-state index in [1.807, 2.05) is 13.1 Å². The van der Waals surface area contributed by atoms with Crippen LogP contribution in [0.4, 0.5) is 26.3 Å². The highest BCUT2D eigenvalue weighted by Gasteiger charge is 2.42. The third-order valence-electron chi connectivity index (χ3n) is 5.84. The van der Waals surface area contributed by atoms with Gasteiger partial charge in [0.05, 0.1) is 22.9 Å². The van der Waals surface area contributed by atoms with Crippen LogP contribution in [0.2, 0.25) is 0 Å². The molecule has 170 valence electrons. The lowest BCUT2D eigenvalue weighted by Crippen LogP contribution is -2.41. The van der Waals surface area contributed by atoms with Gasteiger partial charge in [0.25, 0.3) is 0 Å². The maximum absolute atomic E-state index is 12.9. The number of fused-ring (bicyclic) bond motifs is 1. The number of alkyl halides is 6. The first kappa shape index (κ1) is 22.4. The molecule has 2 heterocycles. The van der Waals surface area contributed by atoms with Gasteiger partial charge in [-0.1, -0.05) is 24.3 Å². The average Bonchev–Trinajstić information content (AvgIpc) is 3.03. The van der Waals surface area contributed by atoms with Gasteiger partial charge in [0.1, 0.15) is 0 Å². The van der Waals surface area contributed by atoms with Crippen molar-refractivity contribution in [1.29, 1.82) is 0 Å². The maximum atomic E-state index is 12.9. The van der Waals surface area contributed by atoms with Crippen molar-refractivity contribution in [3.8, 4) is 0 Å². The number of likely N-dealkylation sites (tertiary alicyclic amines) is 1. The van der Waals surface area contributed by atoms with Crippen LogP contribution in [0.25, 0.3) is 6.08 Å². The molecule has 9 heteroatoms. The number of piperidine rings is 1. The maximum Gasteiger partial charge on any atom is 0.416 e. The van der Waals surface area contributed by atoms with Crippen LogP contribution in [0.15, 0.2) is 59.2 Å². The van der Waals surface area contributed by atoms with Crippen molar-refractivity contribution >= 4 is 11.8 Å². The summed E-state index contributed by atoms with van der Waals surface area (Å²) in [6, 6.07) is 9.82. The van der Waals surface area contributed by atoms with Crippen molar-refractivity contribution in [3.63, 3.8) is 0 Å². The van der Waals surface area contributed by atoms with Crippen LogP contribution < -0.4 is 0 Å². The lowest BCUT2D eigenvalue weighted by atomic mass is 9.83. The molecule has 0 amide bonds. The molecular weight excluding hydrogens is 432 g/mol. The molecule has 0 spiro atoms. The predicted molar refractivity (Wildman–Crippen MR) is 110 cm³/mol. The zero-order valence-corrected chi connectivity index (χ0v) is 17.4. The Bertz CT molecular complexity index is 1040. The second-order valence-corrected chi connectivity index (χ2v) is 8.22. The fourth-order valence-electron chi connectivity index (χ4n) is 4.38. The van der Waals surface area contributed by atoms with E-state index in [-0.39, 0.29) is 12.0 Å². The second kappa shape index (κ2) is 7.95. The fraction of sp³-hybridized carbons (Fsp3) is 0.348. The molecule has 0 aromatic heterocycles. The van der Waals surface area contributed by atoms with Crippen molar-refractivity contribution in [3.05, 3.63) is 76.4 Å². The van der Waals surface area contributed by atoms with Gasteiger partial charge in [0, 0.05) is 26.1 Å². The summed E-state index contributed by atoms with van der Waals surface area (Å²) in [7, 11) is 3.71. The molecular formula is C23H21F6N3. The van der Waals surface area contributed by atoms with E-state index < -0.39 is 23.5 Å². The van der Waals surface area contributed by atoms with Crippen LogP contribution in [-0.2, 0) is 12.4 Å². The van der Waals surface area contributed by atoms with Crippen LogP contribution in [-0.4, -0.2) is 42.8 Å². The van der Waals surface area contributed by atoms with E-state index in [1.165, 1.54) is 24.3 Å². The molecule has 2 atom stereocenters. The standard InChI is InChI=1S/C23H21F6N3/c1-31-12-16(11-14-3-7-17(8-4-14)22(24,25)26)20-19(13-31)21(32(2)30-20)15-5-9-18(10-6-15)23(27,28)29/h3-11,19,21H,12-13H2,1-2H3/b16-11+/t19-,21+/m1/s1. The third-order valence-corrected chi connectivity index (χ3v) is 5.84. The lowest BCUT2D eigenvalue weighted by molar-refractivity contribution is -0.138. The number of benzene rings is 2. The average molecular weight is 453 g/mol. The zero-order valence-electron chi connectivity index (χ0n) is 17.4. The number of nitrogens with zero attached hydrogens (tertiary/aromatic N) is 3. The Morgan fingerprint density at radius 2 is 1.38 bits per heavy atom. The summed E-state index contributed by atoms with van der Waals surface area (Å²) in [6.07, 6.45) is -6.97. The summed E-state index contributed by atoms with van der Waals surface area (Å²) < 4.78 is 77.3. The van der Waals surface area contributed by atoms with Gasteiger partial charge in [0.2, 0.25) is 0 Å². The Hall–Kier alpha value is -2.81. The first-order valence-corrected chi connectivity index (χ1v) is 9.99. The molecule has 4 rings (SSSR count). The number of hydrogen-bond donors (Lipinski definition) is 0. The molecule has 2 aromatic carbocycles. The molecule has 0 aliphatic carbocycles. The van der Waals surface area contributed by atoms with E-state index in [0.717, 1.165) is 41.1 Å². The monoisotopic (exact) mass is 453 g/mol. The normalized spacial score (nSPS) is 23.4. The Kier molecular flexibility index (Phi) is 5.56. The van der Waals surface area contributed by atoms with Gasteiger partial charge in [-0.15, -0.1) is 0 Å². The summed E-state index contributed by atoms with van der Waals surface area (Å²) in [5, 5.41) is 6.41. The van der Waals surface area contributed by atoms with E-state index >= 15 is 0 Å². The number of hydrogen-bond acceptors (Lipinski definition) is 3. The largest absolute Gasteiger partial charge is 0.416 e. The SMILES string of the molecule is CN1C/C(=C\c2ccc(C(F)(F)F)cc2)C2=NN(C)[C@@H](c3ccc(C(F)(F)F)cc3)[C@@H]2C1. The third kappa shape index (κ3) is 4.39. The molecule has 0 saturated carbocycles. The van der Waals surface area contributed by atoms with Gasteiger partial charge >= 0.3 is 12.4 Å². The minimum absolute atomic E-state index is 0.0730. The summed E-state index contributed by atoms with van der Waals surface area (Å²) in [6.45, 7) is 1.24. The van der Waals surface area contributed by atoms with E-state index in [0.29, 0.717) is 18.7 Å². The molecule has 2 aromatic rings. The molecule has 32 heavy (non-hydrogen) atoms. The van der Waals surface area contributed by atoms with E-state index in [1.54, 1.807) is 12.1 Å². The van der Waals surface area contributed by atoms with Gasteiger partial charge in [-0.25, -0.2) is 0 Å². The lowest BCUT2D eigenvalue weighted by Gasteiger charge is -2.34. The Morgan fingerprint density at radius 3 is 1.91 bits per heavy atom. The molecule has 3 nitrogen and oxygen atoms in total. The van der Waals surface area contributed by atoms with Crippen LogP contribution in [0.1, 0.15) is 28.3 Å². The van der Waals surface area contributed by atoms with Crippen molar-refractivity contribution in [1.82, 2.24) is 9.91 Å². The molecule has 0 unspecified atom stereocenters. The van der Waals surface area contributed by atoms with Crippen molar-refractivity contribution < 1.29 is 26.3 Å². The highest BCUT2D eigenvalue weighted by Crippen LogP contribution is 2.40. The van der Waals surface area contributed by atoms with Gasteiger partial charge in [-0.3, -0.25) is 5.01 Å². The van der Waals surface area contributed by atoms with Gasteiger partial charge in [-0.2, -0.15) is 31.4 Å². The highest BCUT2D eigenvalue weighted by atomic mass is 19.4. The first-order valence-electron chi connectivity index (χ1n) is 9.99. The van der Waals surface area contributed by atoms with Gasteiger partial charge in [-0.05, 0) is 54.1 Å². The summed E-state index contributed by atoms with van der Waals surface area (Å²) in [5.41, 5.74) is 1.64. The quantitative estimate of drug-likeness (QED) is 0.543. The second-order valence-electron chi connectivity index (χ2n) is 8.22. The van der Waals surface area contributed by atoms with E-state index in [2.05, 4.69) is 10.0 Å². The van der Waals surface area contributed by atoms with Crippen molar-refractivity contribution in [2.45, 2.75) is 18.4 Å². The molecule has 0 N–H and O–H groups in total. The molecule has 1 saturated heterocycles. The molecule has 0 bridgehead atoms. The summed E-state index contributed by atoms with van der Waals surface area (Å²) >= 11 is 0. The van der Waals surface area contributed by atoms with Crippen LogP contribution >= 0.6 is 0 Å². The number of rotatable bonds is 2. The van der Waals surface area contributed by atoms with Crippen LogP contribution in [0.3, 0.4) is 0 Å². The first-order chi connectivity index (χ1) is 14.9. The Balaban J connectivity index is 1.62. The number of hydrazone groups is 1. The molecule has 2 aliphatic heterocycles. The van der Waals surface area contributed by atoms with Gasteiger partial charge < -0.3 is 4.90 Å². The highest BCUT2D eigenvalue weighted by molar-refractivity contribution is 6.07. The molecule has 1 fully saturated rings. The number of halogens is 6. The molecule has 0 radical (unpaired) electrons. The zero-order chi connectivity index (χ0) is 23.3. The predicted octanol–water partition coefficient (Wildman–Crippen LogP) is 5.71. The van der Waals surface area contributed by atoms with Crippen molar-refractivity contribution in [2.24, 2.45) is 11.0 Å². The minimum atomic E-state index is -4.40. The molecule has 2 aliphatic rings. The van der Waals surface area contributed by atoms with E-state index in [9.17, 15) is 26.3 Å². The van der Waals surface area contributed by atoms with Gasteiger partial charge in [0.15, 0.2) is 0 Å².